The molecule has 0 saturated carbocycles. The molecule has 2 rings (SSSR count). The highest BCUT2D eigenvalue weighted by Crippen LogP contribution is 2.31. The van der Waals surface area contributed by atoms with Crippen molar-refractivity contribution >= 4 is 11.5 Å². The molecule has 1 unspecified atom stereocenters. The maximum absolute atomic E-state index is 13.3. The zero-order chi connectivity index (χ0) is 16.4. The number of rotatable bonds is 5. The summed E-state index contributed by atoms with van der Waals surface area (Å²) in [4.78, 5) is 10.7. The molecule has 0 saturated heterocycles. The van der Waals surface area contributed by atoms with Crippen molar-refractivity contribution in [2.24, 2.45) is 7.05 Å². The van der Waals surface area contributed by atoms with Crippen LogP contribution in [0.2, 0.25) is 0 Å². The van der Waals surface area contributed by atoms with Crippen molar-refractivity contribution in [1.82, 2.24) is 9.78 Å². The third-order valence-corrected chi connectivity index (χ3v) is 3.41. The quantitative estimate of drug-likeness (QED) is 0.679. The summed E-state index contributed by atoms with van der Waals surface area (Å²) in [5.41, 5.74) is 0.749. The van der Waals surface area contributed by atoms with Crippen LogP contribution in [0.1, 0.15) is 31.1 Å². The van der Waals surface area contributed by atoms with Gasteiger partial charge >= 0.3 is 5.69 Å². The molecule has 1 heterocycles. The normalized spacial score (nSPS) is 12.2. The van der Waals surface area contributed by atoms with Crippen LogP contribution in [0.5, 0.6) is 0 Å². The first-order valence-electron chi connectivity index (χ1n) is 6.76. The van der Waals surface area contributed by atoms with Crippen molar-refractivity contribution in [2.45, 2.75) is 26.3 Å². The van der Waals surface area contributed by atoms with Crippen LogP contribution in [-0.2, 0) is 13.5 Å². The molecule has 1 atom stereocenters. The molecular weight excluding hydrogens is 294 g/mol. The number of anilines is 1. The van der Waals surface area contributed by atoms with Crippen LogP contribution in [0.4, 0.5) is 20.3 Å². The van der Waals surface area contributed by atoms with Crippen LogP contribution in [-0.4, -0.2) is 14.7 Å². The molecule has 1 N–H and O–H groups in total. The van der Waals surface area contributed by atoms with Gasteiger partial charge in [0.15, 0.2) is 11.6 Å². The molecule has 0 amide bonds. The minimum absolute atomic E-state index is 0.0977. The van der Waals surface area contributed by atoms with Crippen LogP contribution in [0.15, 0.2) is 18.2 Å². The van der Waals surface area contributed by atoms with E-state index in [9.17, 15) is 18.9 Å². The summed E-state index contributed by atoms with van der Waals surface area (Å²) >= 11 is 0. The van der Waals surface area contributed by atoms with E-state index in [-0.39, 0.29) is 11.5 Å². The third kappa shape index (κ3) is 2.90. The van der Waals surface area contributed by atoms with Crippen molar-refractivity contribution in [1.29, 1.82) is 0 Å². The van der Waals surface area contributed by atoms with E-state index in [1.807, 2.05) is 0 Å². The van der Waals surface area contributed by atoms with E-state index in [0.717, 1.165) is 12.1 Å². The molecule has 0 aliphatic heterocycles. The minimum atomic E-state index is -0.958. The monoisotopic (exact) mass is 310 g/mol. The molecular formula is C14H16F2N4O2. The molecule has 0 radical (unpaired) electrons. The highest BCUT2D eigenvalue weighted by Gasteiger charge is 2.26. The minimum Gasteiger partial charge on any atom is -0.358 e. The molecule has 22 heavy (non-hydrogen) atoms. The topological polar surface area (TPSA) is 73.0 Å². The third-order valence-electron chi connectivity index (χ3n) is 3.41. The zero-order valence-corrected chi connectivity index (χ0v) is 12.4. The number of nitrogens with one attached hydrogen (secondary N) is 1. The van der Waals surface area contributed by atoms with Gasteiger partial charge in [0.05, 0.1) is 11.0 Å². The largest absolute Gasteiger partial charge is 0.358 e. The lowest BCUT2D eigenvalue weighted by molar-refractivity contribution is -0.384. The van der Waals surface area contributed by atoms with Gasteiger partial charge in [0, 0.05) is 7.05 Å². The van der Waals surface area contributed by atoms with E-state index < -0.39 is 22.6 Å². The van der Waals surface area contributed by atoms with Crippen molar-refractivity contribution in [3.05, 3.63) is 51.2 Å². The predicted molar refractivity (Wildman–Crippen MR) is 77.6 cm³/mol. The first-order valence-corrected chi connectivity index (χ1v) is 6.76. The second-order valence-electron chi connectivity index (χ2n) is 4.92. The first-order chi connectivity index (χ1) is 10.3. The summed E-state index contributed by atoms with van der Waals surface area (Å²) in [6.45, 7) is 3.48. The average Bonchev–Trinajstić information content (AvgIpc) is 2.78. The molecule has 1 aromatic heterocycles. The van der Waals surface area contributed by atoms with Gasteiger partial charge in [-0.15, -0.1) is 0 Å². The van der Waals surface area contributed by atoms with E-state index in [4.69, 9.17) is 0 Å². The molecule has 0 aliphatic rings. The van der Waals surface area contributed by atoms with Crippen LogP contribution < -0.4 is 5.32 Å². The molecule has 0 fully saturated rings. The Balaban J connectivity index is 2.35. The van der Waals surface area contributed by atoms with Crippen LogP contribution in [0.3, 0.4) is 0 Å². The highest BCUT2D eigenvalue weighted by atomic mass is 19.2. The van der Waals surface area contributed by atoms with E-state index in [2.05, 4.69) is 10.4 Å². The van der Waals surface area contributed by atoms with Gasteiger partial charge in [-0.05, 0) is 31.0 Å². The van der Waals surface area contributed by atoms with Crippen LogP contribution in [0, 0.1) is 21.7 Å². The van der Waals surface area contributed by atoms with E-state index in [1.54, 1.807) is 20.9 Å². The Morgan fingerprint density at radius 1 is 1.41 bits per heavy atom. The van der Waals surface area contributed by atoms with Gasteiger partial charge in [-0.25, -0.2) is 13.5 Å². The fourth-order valence-electron chi connectivity index (χ4n) is 2.23. The van der Waals surface area contributed by atoms with Crippen molar-refractivity contribution in [3.8, 4) is 0 Å². The predicted octanol–water partition coefficient (Wildman–Crippen LogP) is 3.34. The smallest absolute Gasteiger partial charge is 0.333 e. The van der Waals surface area contributed by atoms with Crippen molar-refractivity contribution in [3.63, 3.8) is 0 Å². The average molecular weight is 310 g/mol. The van der Waals surface area contributed by atoms with E-state index in [0.29, 0.717) is 17.7 Å². The molecule has 0 bridgehead atoms. The number of aromatic nitrogens is 2. The highest BCUT2D eigenvalue weighted by molar-refractivity contribution is 5.60. The Hall–Kier alpha value is -2.51. The molecule has 118 valence electrons. The number of nitro groups is 1. The van der Waals surface area contributed by atoms with Crippen molar-refractivity contribution < 1.29 is 13.7 Å². The number of halogens is 2. The first kappa shape index (κ1) is 15.9. The number of hydrogen-bond acceptors (Lipinski definition) is 4. The lowest BCUT2D eigenvalue weighted by Crippen LogP contribution is -2.11. The summed E-state index contributed by atoms with van der Waals surface area (Å²) in [6, 6.07) is 3.07. The molecule has 0 aliphatic carbocycles. The van der Waals surface area contributed by atoms with Gasteiger partial charge in [-0.1, -0.05) is 13.0 Å². The van der Waals surface area contributed by atoms with Gasteiger partial charge in [0.2, 0.25) is 5.82 Å². The number of nitrogens with zero attached hydrogens (tertiary/aromatic N) is 3. The Morgan fingerprint density at radius 3 is 2.64 bits per heavy atom. The van der Waals surface area contributed by atoms with Gasteiger partial charge in [-0.3, -0.25) is 10.1 Å². The van der Waals surface area contributed by atoms with Crippen molar-refractivity contribution in [2.75, 3.05) is 5.32 Å². The standard InChI is InChI=1S/C14H16F2N4O2/c1-4-12-13(20(21)22)14(19(3)18-12)17-8(2)9-5-6-10(15)11(16)7-9/h5-8,17H,4H2,1-3H3. The molecule has 6 nitrogen and oxygen atoms in total. The Morgan fingerprint density at radius 2 is 2.09 bits per heavy atom. The lowest BCUT2D eigenvalue weighted by Gasteiger charge is -2.15. The van der Waals surface area contributed by atoms with Crippen LogP contribution >= 0.6 is 0 Å². The number of aryl methyl sites for hydroxylation is 2. The van der Waals surface area contributed by atoms with Gasteiger partial charge in [0.25, 0.3) is 0 Å². The molecule has 2 aromatic rings. The maximum atomic E-state index is 13.3. The lowest BCUT2D eigenvalue weighted by atomic mass is 10.1. The summed E-state index contributed by atoms with van der Waals surface area (Å²) in [7, 11) is 1.59. The molecule has 1 aromatic carbocycles. The summed E-state index contributed by atoms with van der Waals surface area (Å²) in [5.74, 6) is -1.66. The zero-order valence-electron chi connectivity index (χ0n) is 12.4. The fourth-order valence-corrected chi connectivity index (χ4v) is 2.23. The van der Waals surface area contributed by atoms with Gasteiger partial charge in [-0.2, -0.15) is 5.10 Å². The van der Waals surface area contributed by atoms with E-state index in [1.165, 1.54) is 10.7 Å². The van der Waals surface area contributed by atoms with Crippen LogP contribution in [0.25, 0.3) is 0 Å². The summed E-state index contributed by atoms with van der Waals surface area (Å²) in [5, 5.41) is 18.3. The van der Waals surface area contributed by atoms with E-state index >= 15 is 0 Å². The second-order valence-corrected chi connectivity index (χ2v) is 4.92. The maximum Gasteiger partial charge on any atom is 0.333 e. The second kappa shape index (κ2) is 6.08. The molecule has 0 spiro atoms. The summed E-state index contributed by atoms with van der Waals surface area (Å²) in [6.07, 6.45) is 0.422. The summed E-state index contributed by atoms with van der Waals surface area (Å²) < 4.78 is 27.7. The van der Waals surface area contributed by atoms with Gasteiger partial charge in [0.1, 0.15) is 5.69 Å². The van der Waals surface area contributed by atoms with Gasteiger partial charge < -0.3 is 5.32 Å². The number of hydrogen-bond donors (Lipinski definition) is 1. The Bertz CT molecular complexity index is 715. The SMILES string of the molecule is CCc1nn(C)c(NC(C)c2ccc(F)c(F)c2)c1[N+](=O)[O-]. The Kier molecular flexibility index (Phi) is 4.39. The number of benzene rings is 1. The molecule has 8 heteroatoms. The Labute approximate surface area is 125 Å². The fraction of sp³-hybridized carbons (Fsp3) is 0.357.